The molecule has 1 heterocycles. The van der Waals surface area contributed by atoms with Crippen molar-refractivity contribution in [2.24, 2.45) is 0 Å². The third-order valence-electron chi connectivity index (χ3n) is 6.21. The quantitative estimate of drug-likeness (QED) is 0.469. The molecule has 1 saturated heterocycles. The largest absolute Gasteiger partial charge is 0.444 e. The van der Waals surface area contributed by atoms with Gasteiger partial charge in [-0.25, -0.2) is 22.3 Å². The lowest BCUT2D eigenvalue weighted by Crippen LogP contribution is -2.57. The van der Waals surface area contributed by atoms with Gasteiger partial charge in [0.05, 0.1) is 12.3 Å². The number of hydrogen-bond acceptors (Lipinski definition) is 6. The number of alkyl carbamates (subject to hydrolysis) is 1. The SMILES string of the molecule is CC(C)(C)OC(=O)N[C@H](Cc1ccc(Cl)cc1)C(=O)N1CCN(C(CNS(C)(=O)=O)c2ccccc2F)CC1. The van der Waals surface area contributed by atoms with Crippen LogP contribution in [0.25, 0.3) is 0 Å². The number of benzene rings is 2. The van der Waals surface area contributed by atoms with E-state index in [9.17, 15) is 22.4 Å². The summed E-state index contributed by atoms with van der Waals surface area (Å²) in [7, 11) is -3.50. The molecule has 2 aromatic carbocycles. The highest BCUT2D eigenvalue weighted by Crippen LogP contribution is 2.25. The highest BCUT2D eigenvalue weighted by atomic mass is 35.5. The number of amides is 2. The van der Waals surface area contributed by atoms with E-state index in [-0.39, 0.29) is 18.9 Å². The Balaban J connectivity index is 1.74. The van der Waals surface area contributed by atoms with Crippen molar-refractivity contribution in [3.8, 4) is 0 Å². The van der Waals surface area contributed by atoms with Crippen LogP contribution in [0, 0.1) is 5.82 Å². The number of hydrogen-bond donors (Lipinski definition) is 2. The number of piperazine rings is 1. The van der Waals surface area contributed by atoms with E-state index in [1.165, 1.54) is 6.07 Å². The van der Waals surface area contributed by atoms with Crippen LogP contribution in [0.1, 0.15) is 37.9 Å². The van der Waals surface area contributed by atoms with Crippen LogP contribution in [-0.2, 0) is 26.0 Å². The van der Waals surface area contributed by atoms with E-state index in [1.807, 2.05) is 4.90 Å². The van der Waals surface area contributed by atoms with Crippen LogP contribution in [-0.4, -0.2) is 80.8 Å². The molecular formula is C27H36ClFN4O5S. The van der Waals surface area contributed by atoms with Crippen LogP contribution in [0.15, 0.2) is 48.5 Å². The summed E-state index contributed by atoms with van der Waals surface area (Å²) >= 11 is 6.00. The fourth-order valence-corrected chi connectivity index (χ4v) is 4.98. The summed E-state index contributed by atoms with van der Waals surface area (Å²) in [5.41, 5.74) is 0.463. The number of carbonyl (C=O) groups is 2. The summed E-state index contributed by atoms with van der Waals surface area (Å²) in [5, 5.41) is 3.28. The number of halogens is 2. The average Bonchev–Trinajstić information content (AvgIpc) is 2.84. The highest BCUT2D eigenvalue weighted by Gasteiger charge is 2.33. The first-order valence-electron chi connectivity index (χ1n) is 12.7. The van der Waals surface area contributed by atoms with E-state index in [0.717, 1.165) is 11.8 Å². The second-order valence-corrected chi connectivity index (χ2v) is 12.8. The van der Waals surface area contributed by atoms with Crippen LogP contribution in [0.4, 0.5) is 9.18 Å². The molecule has 0 saturated carbocycles. The molecule has 39 heavy (non-hydrogen) atoms. The van der Waals surface area contributed by atoms with Crippen molar-refractivity contribution in [3.05, 3.63) is 70.5 Å². The van der Waals surface area contributed by atoms with Crippen LogP contribution in [0.3, 0.4) is 0 Å². The predicted molar refractivity (Wildman–Crippen MR) is 148 cm³/mol. The van der Waals surface area contributed by atoms with Gasteiger partial charge in [0.2, 0.25) is 15.9 Å². The van der Waals surface area contributed by atoms with Crippen molar-refractivity contribution in [1.29, 1.82) is 0 Å². The van der Waals surface area contributed by atoms with E-state index in [1.54, 1.807) is 68.1 Å². The summed E-state index contributed by atoms with van der Waals surface area (Å²) in [5.74, 6) is -0.701. The molecule has 1 aliphatic heterocycles. The first-order chi connectivity index (χ1) is 18.2. The molecule has 2 amide bonds. The van der Waals surface area contributed by atoms with Crippen LogP contribution < -0.4 is 10.0 Å². The highest BCUT2D eigenvalue weighted by molar-refractivity contribution is 7.88. The van der Waals surface area contributed by atoms with Gasteiger partial charge in [0, 0.05) is 49.7 Å². The summed E-state index contributed by atoms with van der Waals surface area (Å²) in [6, 6.07) is 11.9. The number of ether oxygens (including phenoxy) is 1. The van der Waals surface area contributed by atoms with Gasteiger partial charge in [0.25, 0.3) is 0 Å². The normalized spacial score (nSPS) is 16.4. The van der Waals surface area contributed by atoms with Gasteiger partial charge < -0.3 is 15.0 Å². The van der Waals surface area contributed by atoms with E-state index in [4.69, 9.17) is 16.3 Å². The van der Waals surface area contributed by atoms with Crippen molar-refractivity contribution >= 4 is 33.6 Å². The van der Waals surface area contributed by atoms with E-state index in [0.29, 0.717) is 36.8 Å². The maximum absolute atomic E-state index is 14.7. The molecule has 12 heteroatoms. The molecule has 2 N–H and O–H groups in total. The minimum absolute atomic E-state index is 0.00684. The molecule has 214 valence electrons. The summed E-state index contributed by atoms with van der Waals surface area (Å²) < 4.78 is 46.1. The van der Waals surface area contributed by atoms with Gasteiger partial charge in [-0.15, -0.1) is 0 Å². The number of rotatable bonds is 9. The van der Waals surface area contributed by atoms with Gasteiger partial charge in [-0.2, -0.15) is 0 Å². The lowest BCUT2D eigenvalue weighted by molar-refractivity contribution is -0.135. The van der Waals surface area contributed by atoms with Gasteiger partial charge in [-0.05, 0) is 44.5 Å². The molecule has 3 rings (SSSR count). The maximum atomic E-state index is 14.7. The zero-order valence-electron chi connectivity index (χ0n) is 22.6. The molecule has 2 aromatic rings. The van der Waals surface area contributed by atoms with Crippen molar-refractivity contribution in [2.45, 2.75) is 44.9 Å². The van der Waals surface area contributed by atoms with Crippen molar-refractivity contribution in [3.63, 3.8) is 0 Å². The number of carbonyl (C=O) groups excluding carboxylic acids is 2. The van der Waals surface area contributed by atoms with E-state index in [2.05, 4.69) is 10.0 Å². The average molecular weight is 583 g/mol. The van der Waals surface area contributed by atoms with Crippen molar-refractivity contribution < 1.29 is 27.1 Å². The zero-order valence-corrected chi connectivity index (χ0v) is 24.2. The van der Waals surface area contributed by atoms with Crippen LogP contribution in [0.2, 0.25) is 5.02 Å². The van der Waals surface area contributed by atoms with Gasteiger partial charge in [0.1, 0.15) is 17.5 Å². The molecule has 0 aliphatic carbocycles. The minimum atomic E-state index is -3.50. The monoisotopic (exact) mass is 582 g/mol. The fraction of sp³-hybridized carbons (Fsp3) is 0.481. The van der Waals surface area contributed by atoms with Gasteiger partial charge in [-0.1, -0.05) is 41.9 Å². The fourth-order valence-electron chi connectivity index (χ4n) is 4.39. The third-order valence-corrected chi connectivity index (χ3v) is 7.15. The second-order valence-electron chi connectivity index (χ2n) is 10.5. The standard InChI is InChI=1S/C27H36ClFN4O5S/c1-27(2,3)38-26(35)31-23(17-19-9-11-20(28)12-10-19)25(34)33-15-13-32(14-16-33)24(18-30-39(4,36)37)21-7-5-6-8-22(21)29/h5-12,23-24,30H,13-18H2,1-4H3,(H,31,35)/t23-,24?/m1/s1. The molecular weight excluding hydrogens is 547 g/mol. The first-order valence-corrected chi connectivity index (χ1v) is 14.9. The lowest BCUT2D eigenvalue weighted by Gasteiger charge is -2.40. The Morgan fingerprint density at radius 3 is 2.23 bits per heavy atom. The van der Waals surface area contributed by atoms with Gasteiger partial charge in [0.15, 0.2) is 0 Å². The smallest absolute Gasteiger partial charge is 0.408 e. The number of nitrogens with zero attached hydrogens (tertiary/aromatic N) is 2. The third kappa shape index (κ3) is 9.75. The second kappa shape index (κ2) is 13.1. The Kier molecular flexibility index (Phi) is 10.3. The summed E-state index contributed by atoms with van der Waals surface area (Å²) in [6.07, 6.45) is 0.603. The molecule has 0 bridgehead atoms. The molecule has 1 aliphatic rings. The van der Waals surface area contributed by atoms with Gasteiger partial charge in [-0.3, -0.25) is 9.69 Å². The number of nitrogens with one attached hydrogen (secondary N) is 2. The Hall–Kier alpha value is -2.73. The maximum Gasteiger partial charge on any atom is 0.408 e. The number of sulfonamides is 1. The minimum Gasteiger partial charge on any atom is -0.444 e. The van der Waals surface area contributed by atoms with E-state index >= 15 is 0 Å². The van der Waals surface area contributed by atoms with Crippen LogP contribution >= 0.6 is 11.6 Å². The Morgan fingerprint density at radius 1 is 1.05 bits per heavy atom. The lowest BCUT2D eigenvalue weighted by atomic mass is 10.0. The predicted octanol–water partition coefficient (Wildman–Crippen LogP) is 3.35. The summed E-state index contributed by atoms with van der Waals surface area (Å²) in [4.78, 5) is 29.8. The Bertz CT molecular complexity index is 1250. The zero-order chi connectivity index (χ0) is 28.8. The molecule has 0 spiro atoms. The van der Waals surface area contributed by atoms with Crippen molar-refractivity contribution in [1.82, 2.24) is 19.8 Å². The molecule has 9 nitrogen and oxygen atoms in total. The topological polar surface area (TPSA) is 108 Å². The molecule has 0 aromatic heterocycles. The molecule has 0 radical (unpaired) electrons. The summed E-state index contributed by atoms with van der Waals surface area (Å²) in [6.45, 7) is 6.62. The van der Waals surface area contributed by atoms with Crippen molar-refractivity contribution in [2.75, 3.05) is 39.0 Å². The van der Waals surface area contributed by atoms with Crippen LogP contribution in [0.5, 0.6) is 0 Å². The Morgan fingerprint density at radius 2 is 1.67 bits per heavy atom. The van der Waals surface area contributed by atoms with Gasteiger partial charge >= 0.3 is 6.09 Å². The molecule has 2 atom stereocenters. The molecule has 1 unspecified atom stereocenters. The molecule has 1 fully saturated rings. The first kappa shape index (κ1) is 30.8. The van der Waals surface area contributed by atoms with E-state index < -0.39 is 39.6 Å². The Labute approximate surface area is 234 Å².